The molecule has 0 saturated carbocycles. The van der Waals surface area contributed by atoms with Gasteiger partial charge in [-0.3, -0.25) is 9.69 Å². The molecule has 0 bridgehead atoms. The van der Waals surface area contributed by atoms with E-state index in [-0.39, 0.29) is 40.8 Å². The molecule has 1 unspecified atom stereocenters. The molecule has 1 aliphatic heterocycles. The minimum atomic E-state index is -4.41. The number of piperazine rings is 1. The summed E-state index contributed by atoms with van der Waals surface area (Å²) in [4.78, 5) is 20.3. The lowest BCUT2D eigenvalue weighted by molar-refractivity contribution is -0.155. The second kappa shape index (κ2) is 11.5. The van der Waals surface area contributed by atoms with Crippen LogP contribution in [0.2, 0.25) is 5.02 Å². The average molecular weight is 564 g/mol. The molecule has 2 heterocycles. The van der Waals surface area contributed by atoms with Crippen molar-refractivity contribution in [3.8, 4) is 28.0 Å². The highest BCUT2D eigenvalue weighted by Crippen LogP contribution is 2.41. The molecule has 0 aliphatic carbocycles. The number of nitrogens with one attached hydrogen (secondary N) is 1. The van der Waals surface area contributed by atoms with E-state index in [4.69, 9.17) is 11.6 Å². The zero-order chi connectivity index (χ0) is 28.3. The van der Waals surface area contributed by atoms with E-state index in [0.29, 0.717) is 29.8 Å². The van der Waals surface area contributed by atoms with Gasteiger partial charge in [0, 0.05) is 63.5 Å². The van der Waals surface area contributed by atoms with E-state index in [1.165, 1.54) is 34.3 Å². The largest absolute Gasteiger partial charge is 0.507 e. The third kappa shape index (κ3) is 6.43. The molecule has 2 N–H and O–H groups in total. The summed E-state index contributed by atoms with van der Waals surface area (Å²) in [5, 5.41) is 13.8. The number of amides is 1. The zero-order valence-corrected chi connectivity index (χ0v) is 21.8. The standard InChI is InChI=1S/C27H26ClF4N5O2/c1-35(2)9-10-37(16-38)23-4-3-17(11-22(23)28)20-13-19(29)14-21(26(20)39)18-5-6-34-25(12-18)36-8-7-33-24(15-36)27(30,31)32/h3-6,9-14,16,24,33,39H,7-8,15H2,1-2H3/b10-9-. The van der Waals surface area contributed by atoms with Crippen molar-refractivity contribution in [2.75, 3.05) is 43.5 Å². The van der Waals surface area contributed by atoms with Gasteiger partial charge in [-0.1, -0.05) is 17.7 Å². The molecule has 0 radical (unpaired) electrons. The number of carbonyl (C=O) groups is 1. The van der Waals surface area contributed by atoms with Gasteiger partial charge in [0.05, 0.1) is 10.7 Å². The Morgan fingerprint density at radius 2 is 1.79 bits per heavy atom. The number of anilines is 2. The number of phenols is 1. The van der Waals surface area contributed by atoms with Crippen molar-refractivity contribution in [1.29, 1.82) is 0 Å². The molecule has 4 rings (SSSR count). The van der Waals surface area contributed by atoms with Gasteiger partial charge >= 0.3 is 6.18 Å². The summed E-state index contributed by atoms with van der Waals surface area (Å²) in [5.41, 5.74) is 1.45. The number of carbonyl (C=O) groups excluding carboxylic acids is 1. The first kappa shape index (κ1) is 28.2. The Hall–Kier alpha value is -3.83. The molecule has 1 aromatic heterocycles. The summed E-state index contributed by atoms with van der Waals surface area (Å²) in [6.45, 7) is 0.0944. The summed E-state index contributed by atoms with van der Waals surface area (Å²) < 4.78 is 54.5. The molecule has 0 spiro atoms. The van der Waals surface area contributed by atoms with Crippen molar-refractivity contribution in [3.63, 3.8) is 0 Å². The molecule has 1 saturated heterocycles. The van der Waals surface area contributed by atoms with Gasteiger partial charge in [0.1, 0.15) is 23.4 Å². The maximum Gasteiger partial charge on any atom is 0.405 e. The van der Waals surface area contributed by atoms with Gasteiger partial charge in [-0.05, 0) is 47.5 Å². The highest BCUT2D eigenvalue weighted by atomic mass is 35.5. The Bertz CT molecular complexity index is 1380. The molecule has 1 atom stereocenters. The fraction of sp³-hybridized carbons (Fsp3) is 0.259. The Balaban J connectivity index is 1.68. The number of aromatic hydroxyl groups is 1. The number of alkyl halides is 3. The number of pyridine rings is 1. The topological polar surface area (TPSA) is 71.9 Å². The SMILES string of the molecule is CN(C)/C=C\N(C=O)c1ccc(-c2cc(F)cc(-c3ccnc(N4CCNC(C(F)(F)F)C4)c3)c2O)cc1Cl. The minimum Gasteiger partial charge on any atom is -0.507 e. The second-order valence-corrected chi connectivity index (χ2v) is 9.59. The van der Waals surface area contributed by atoms with Crippen LogP contribution in [0.1, 0.15) is 0 Å². The highest BCUT2D eigenvalue weighted by Gasteiger charge is 2.42. The number of benzene rings is 2. The first-order valence-corrected chi connectivity index (χ1v) is 12.3. The van der Waals surface area contributed by atoms with E-state index in [2.05, 4.69) is 10.3 Å². The van der Waals surface area contributed by atoms with E-state index in [9.17, 15) is 27.5 Å². The van der Waals surface area contributed by atoms with E-state index in [0.717, 1.165) is 12.1 Å². The van der Waals surface area contributed by atoms with Crippen molar-refractivity contribution in [2.45, 2.75) is 12.2 Å². The highest BCUT2D eigenvalue weighted by molar-refractivity contribution is 6.34. The number of aromatic nitrogens is 1. The van der Waals surface area contributed by atoms with Crippen LogP contribution in [0.15, 0.2) is 61.1 Å². The van der Waals surface area contributed by atoms with Crippen LogP contribution >= 0.6 is 11.6 Å². The van der Waals surface area contributed by atoms with Crippen molar-refractivity contribution in [3.05, 3.63) is 71.9 Å². The van der Waals surface area contributed by atoms with Crippen molar-refractivity contribution in [2.24, 2.45) is 0 Å². The Morgan fingerprint density at radius 3 is 2.41 bits per heavy atom. The van der Waals surface area contributed by atoms with E-state index in [1.807, 2.05) is 0 Å². The molecule has 7 nitrogen and oxygen atoms in total. The number of hydrogen-bond donors (Lipinski definition) is 2. The molecular formula is C27H26ClF4N5O2. The molecule has 39 heavy (non-hydrogen) atoms. The third-order valence-electron chi connectivity index (χ3n) is 6.20. The maximum atomic E-state index is 14.8. The van der Waals surface area contributed by atoms with Crippen molar-refractivity contribution < 1.29 is 27.5 Å². The fourth-order valence-electron chi connectivity index (χ4n) is 4.24. The third-order valence-corrected chi connectivity index (χ3v) is 6.50. The molecule has 1 amide bonds. The lowest BCUT2D eigenvalue weighted by Crippen LogP contribution is -2.57. The number of halogens is 5. The molecule has 2 aromatic carbocycles. The lowest BCUT2D eigenvalue weighted by Gasteiger charge is -2.35. The maximum absolute atomic E-state index is 14.8. The van der Waals surface area contributed by atoms with Crippen LogP contribution in [0, 0.1) is 5.82 Å². The van der Waals surface area contributed by atoms with E-state index in [1.54, 1.807) is 43.4 Å². The molecule has 1 aliphatic rings. The number of nitrogens with zero attached hydrogens (tertiary/aromatic N) is 4. The predicted octanol–water partition coefficient (Wildman–Crippen LogP) is 5.25. The Kier molecular flexibility index (Phi) is 8.31. The van der Waals surface area contributed by atoms with Crippen LogP contribution in [0.3, 0.4) is 0 Å². The minimum absolute atomic E-state index is 0.120. The van der Waals surface area contributed by atoms with Gasteiger partial charge in [0.25, 0.3) is 0 Å². The normalized spacial score (nSPS) is 16.0. The zero-order valence-electron chi connectivity index (χ0n) is 21.1. The lowest BCUT2D eigenvalue weighted by atomic mass is 9.97. The summed E-state index contributed by atoms with van der Waals surface area (Å²) in [6, 6.07) is 8.33. The van der Waals surface area contributed by atoms with Crippen molar-refractivity contribution >= 4 is 29.5 Å². The monoisotopic (exact) mass is 563 g/mol. The smallest absolute Gasteiger partial charge is 0.405 e. The van der Waals surface area contributed by atoms with Gasteiger partial charge < -0.3 is 20.2 Å². The van der Waals surface area contributed by atoms with Gasteiger partial charge in [-0.15, -0.1) is 0 Å². The van der Waals surface area contributed by atoms with Gasteiger partial charge in [0.2, 0.25) is 6.41 Å². The number of rotatable bonds is 7. The van der Waals surface area contributed by atoms with Gasteiger partial charge in [-0.25, -0.2) is 9.37 Å². The predicted molar refractivity (Wildman–Crippen MR) is 143 cm³/mol. The molecule has 12 heteroatoms. The van der Waals surface area contributed by atoms with Gasteiger partial charge in [0.15, 0.2) is 0 Å². The Morgan fingerprint density at radius 1 is 1.10 bits per heavy atom. The van der Waals surface area contributed by atoms with Crippen LogP contribution in [0.25, 0.3) is 22.3 Å². The number of hydrogen-bond acceptors (Lipinski definition) is 6. The average Bonchev–Trinajstić information content (AvgIpc) is 2.90. The van der Waals surface area contributed by atoms with Crippen molar-refractivity contribution in [1.82, 2.24) is 15.2 Å². The molecule has 1 fully saturated rings. The Labute approximate surface area is 227 Å². The van der Waals surface area contributed by atoms with Crippen LogP contribution < -0.4 is 15.1 Å². The second-order valence-electron chi connectivity index (χ2n) is 9.19. The fourth-order valence-corrected chi connectivity index (χ4v) is 4.51. The molecular weight excluding hydrogens is 538 g/mol. The van der Waals surface area contributed by atoms with Crippen LogP contribution in [-0.4, -0.2) is 67.3 Å². The molecule has 3 aromatic rings. The van der Waals surface area contributed by atoms with E-state index < -0.39 is 18.0 Å². The molecule has 206 valence electrons. The summed E-state index contributed by atoms with van der Waals surface area (Å²) in [6.07, 6.45) is 0.779. The van der Waals surface area contributed by atoms with E-state index >= 15 is 0 Å². The van der Waals surface area contributed by atoms with Crippen LogP contribution in [-0.2, 0) is 4.79 Å². The number of phenolic OH excluding ortho intramolecular Hbond substituents is 1. The van der Waals surface area contributed by atoms with Crippen LogP contribution in [0.4, 0.5) is 29.1 Å². The quantitative estimate of drug-likeness (QED) is 0.302. The first-order valence-electron chi connectivity index (χ1n) is 11.9. The summed E-state index contributed by atoms with van der Waals surface area (Å²) >= 11 is 6.45. The first-order chi connectivity index (χ1) is 18.5. The van der Waals surface area contributed by atoms with Gasteiger partial charge in [-0.2, -0.15) is 13.2 Å². The van der Waals surface area contributed by atoms with Crippen LogP contribution in [0.5, 0.6) is 5.75 Å². The summed E-state index contributed by atoms with van der Waals surface area (Å²) in [5.74, 6) is -0.606. The summed E-state index contributed by atoms with van der Waals surface area (Å²) in [7, 11) is 3.59.